The first kappa shape index (κ1) is 9.92. The van der Waals surface area contributed by atoms with Gasteiger partial charge in [0.2, 0.25) is 5.95 Å². The third-order valence-corrected chi connectivity index (χ3v) is 2.29. The highest BCUT2D eigenvalue weighted by Gasteiger charge is 2.14. The summed E-state index contributed by atoms with van der Waals surface area (Å²) < 4.78 is 0. The average molecular weight is 180 g/mol. The van der Waals surface area contributed by atoms with E-state index in [1.807, 2.05) is 6.07 Å². The molecule has 0 aromatic carbocycles. The Labute approximate surface area is 78.4 Å². The fourth-order valence-corrected chi connectivity index (χ4v) is 1.12. The molecule has 0 saturated carbocycles. The van der Waals surface area contributed by atoms with Crippen LogP contribution < -0.4 is 11.5 Å². The van der Waals surface area contributed by atoms with Crippen molar-refractivity contribution in [2.45, 2.75) is 26.3 Å². The van der Waals surface area contributed by atoms with Crippen LogP contribution in [0, 0.1) is 5.92 Å². The minimum Gasteiger partial charge on any atom is -0.368 e. The van der Waals surface area contributed by atoms with Gasteiger partial charge >= 0.3 is 0 Å². The Hall–Kier alpha value is -1.16. The number of hydrogen-bond acceptors (Lipinski definition) is 4. The zero-order valence-corrected chi connectivity index (χ0v) is 8.07. The molecule has 0 unspecified atom stereocenters. The lowest BCUT2D eigenvalue weighted by molar-refractivity contribution is 0.448. The number of aromatic nitrogens is 2. The zero-order chi connectivity index (χ0) is 9.84. The third kappa shape index (κ3) is 2.39. The number of rotatable bonds is 3. The lowest BCUT2D eigenvalue weighted by Gasteiger charge is -2.17. The van der Waals surface area contributed by atoms with Gasteiger partial charge in [0, 0.05) is 12.2 Å². The molecule has 1 aromatic rings. The Morgan fingerprint density at radius 3 is 2.77 bits per heavy atom. The van der Waals surface area contributed by atoms with Crippen molar-refractivity contribution in [1.82, 2.24) is 9.97 Å². The number of nitrogens with zero attached hydrogens (tertiary/aromatic N) is 2. The summed E-state index contributed by atoms with van der Waals surface area (Å²) in [6.45, 7) is 4.21. The van der Waals surface area contributed by atoms with Crippen molar-refractivity contribution >= 4 is 5.95 Å². The van der Waals surface area contributed by atoms with Gasteiger partial charge in [-0.05, 0) is 12.0 Å². The van der Waals surface area contributed by atoms with Crippen LogP contribution in [0.25, 0.3) is 0 Å². The Morgan fingerprint density at radius 2 is 2.23 bits per heavy atom. The highest BCUT2D eigenvalue weighted by Crippen LogP contribution is 2.19. The molecule has 72 valence electrons. The van der Waals surface area contributed by atoms with E-state index in [-0.39, 0.29) is 12.0 Å². The van der Waals surface area contributed by atoms with Gasteiger partial charge < -0.3 is 11.5 Å². The lowest BCUT2D eigenvalue weighted by atomic mass is 9.97. The molecule has 0 radical (unpaired) electrons. The van der Waals surface area contributed by atoms with E-state index in [2.05, 4.69) is 23.8 Å². The lowest BCUT2D eigenvalue weighted by Crippen LogP contribution is -2.20. The van der Waals surface area contributed by atoms with Crippen molar-refractivity contribution in [1.29, 1.82) is 0 Å². The maximum atomic E-state index is 5.97. The molecular weight excluding hydrogens is 164 g/mol. The first-order valence-electron chi connectivity index (χ1n) is 4.49. The second kappa shape index (κ2) is 4.18. The standard InChI is InChI=1S/C9H16N4/c1-3-6(2)8(10)7-4-5-12-9(11)13-7/h4-6,8H,3,10H2,1-2H3,(H2,11,12,13)/t6-,8-/m0/s1. The number of anilines is 1. The van der Waals surface area contributed by atoms with E-state index < -0.39 is 0 Å². The maximum absolute atomic E-state index is 5.97. The number of nitrogens with two attached hydrogens (primary N) is 2. The average Bonchev–Trinajstić information content (AvgIpc) is 2.15. The normalized spacial score (nSPS) is 15.3. The first-order chi connectivity index (χ1) is 6.15. The molecule has 0 saturated heterocycles. The molecule has 0 spiro atoms. The molecule has 2 atom stereocenters. The molecule has 4 heteroatoms. The molecule has 0 aliphatic carbocycles. The van der Waals surface area contributed by atoms with Crippen molar-refractivity contribution in [3.05, 3.63) is 18.0 Å². The van der Waals surface area contributed by atoms with Gasteiger partial charge in [-0.15, -0.1) is 0 Å². The molecule has 1 aromatic heterocycles. The van der Waals surface area contributed by atoms with Crippen molar-refractivity contribution in [2.75, 3.05) is 5.73 Å². The zero-order valence-electron chi connectivity index (χ0n) is 8.07. The smallest absolute Gasteiger partial charge is 0.220 e. The SMILES string of the molecule is CC[C@H](C)[C@H](N)c1ccnc(N)n1. The summed E-state index contributed by atoms with van der Waals surface area (Å²) in [6.07, 6.45) is 2.67. The third-order valence-electron chi connectivity index (χ3n) is 2.29. The van der Waals surface area contributed by atoms with Gasteiger partial charge in [-0.2, -0.15) is 0 Å². The molecular formula is C9H16N4. The molecule has 0 bridgehead atoms. The van der Waals surface area contributed by atoms with E-state index in [1.54, 1.807) is 6.20 Å². The molecule has 0 aliphatic heterocycles. The minimum atomic E-state index is -0.0460. The van der Waals surface area contributed by atoms with Crippen LogP contribution in [0.5, 0.6) is 0 Å². The van der Waals surface area contributed by atoms with E-state index in [0.717, 1.165) is 12.1 Å². The van der Waals surface area contributed by atoms with Crippen molar-refractivity contribution < 1.29 is 0 Å². The Kier molecular flexibility index (Phi) is 3.19. The van der Waals surface area contributed by atoms with Gasteiger partial charge in [0.15, 0.2) is 0 Å². The monoisotopic (exact) mass is 180 g/mol. The Balaban J connectivity index is 2.82. The van der Waals surface area contributed by atoms with Gasteiger partial charge in [0.05, 0.1) is 5.69 Å². The summed E-state index contributed by atoms with van der Waals surface area (Å²) >= 11 is 0. The fraction of sp³-hybridized carbons (Fsp3) is 0.556. The number of nitrogen functional groups attached to an aromatic ring is 1. The summed E-state index contributed by atoms with van der Waals surface area (Å²) in [7, 11) is 0. The minimum absolute atomic E-state index is 0.0460. The van der Waals surface area contributed by atoms with Crippen LogP contribution in [0.2, 0.25) is 0 Å². The number of hydrogen-bond donors (Lipinski definition) is 2. The van der Waals surface area contributed by atoms with Gasteiger partial charge in [-0.3, -0.25) is 0 Å². The van der Waals surface area contributed by atoms with Crippen LogP contribution in [-0.2, 0) is 0 Å². The van der Waals surface area contributed by atoms with Crippen LogP contribution >= 0.6 is 0 Å². The topological polar surface area (TPSA) is 77.8 Å². The second-order valence-corrected chi connectivity index (χ2v) is 3.25. The van der Waals surface area contributed by atoms with Gasteiger partial charge in [-0.1, -0.05) is 20.3 Å². The predicted octanol–water partition coefficient (Wildman–Crippen LogP) is 1.10. The Bertz CT molecular complexity index is 274. The molecule has 0 aliphatic rings. The van der Waals surface area contributed by atoms with Crippen LogP contribution in [-0.4, -0.2) is 9.97 Å². The van der Waals surface area contributed by atoms with Crippen molar-refractivity contribution in [2.24, 2.45) is 11.7 Å². The summed E-state index contributed by atoms with van der Waals surface area (Å²) in [6, 6.07) is 1.77. The molecule has 0 fully saturated rings. The summed E-state index contributed by atoms with van der Waals surface area (Å²) in [5.41, 5.74) is 12.3. The quantitative estimate of drug-likeness (QED) is 0.730. The van der Waals surface area contributed by atoms with Crippen LogP contribution in [0.4, 0.5) is 5.95 Å². The predicted molar refractivity (Wildman–Crippen MR) is 52.8 cm³/mol. The van der Waals surface area contributed by atoms with Crippen LogP contribution in [0.3, 0.4) is 0 Å². The fourth-order valence-electron chi connectivity index (χ4n) is 1.12. The molecule has 1 rings (SSSR count). The van der Waals surface area contributed by atoms with Gasteiger partial charge in [0.25, 0.3) is 0 Å². The van der Waals surface area contributed by atoms with E-state index in [0.29, 0.717) is 5.92 Å². The Morgan fingerprint density at radius 1 is 1.54 bits per heavy atom. The molecule has 0 amide bonds. The summed E-state index contributed by atoms with van der Waals surface area (Å²) in [5.74, 6) is 0.700. The van der Waals surface area contributed by atoms with E-state index in [4.69, 9.17) is 11.5 Å². The summed E-state index contributed by atoms with van der Waals surface area (Å²) in [4.78, 5) is 7.90. The maximum Gasteiger partial charge on any atom is 0.220 e. The first-order valence-corrected chi connectivity index (χ1v) is 4.49. The van der Waals surface area contributed by atoms with E-state index in [1.165, 1.54) is 0 Å². The van der Waals surface area contributed by atoms with Crippen LogP contribution in [0.15, 0.2) is 12.3 Å². The van der Waals surface area contributed by atoms with Crippen LogP contribution in [0.1, 0.15) is 32.0 Å². The van der Waals surface area contributed by atoms with E-state index in [9.17, 15) is 0 Å². The van der Waals surface area contributed by atoms with Crippen molar-refractivity contribution in [3.8, 4) is 0 Å². The molecule has 1 heterocycles. The highest BCUT2D eigenvalue weighted by molar-refractivity contribution is 5.19. The molecule has 4 N–H and O–H groups in total. The highest BCUT2D eigenvalue weighted by atomic mass is 15.0. The van der Waals surface area contributed by atoms with E-state index >= 15 is 0 Å². The second-order valence-electron chi connectivity index (χ2n) is 3.25. The largest absolute Gasteiger partial charge is 0.368 e. The molecule has 4 nitrogen and oxygen atoms in total. The summed E-state index contributed by atoms with van der Waals surface area (Å²) in [5, 5.41) is 0. The van der Waals surface area contributed by atoms with Gasteiger partial charge in [-0.25, -0.2) is 9.97 Å². The van der Waals surface area contributed by atoms with Gasteiger partial charge in [0.1, 0.15) is 0 Å². The molecule has 13 heavy (non-hydrogen) atoms. The van der Waals surface area contributed by atoms with Crippen molar-refractivity contribution in [3.63, 3.8) is 0 Å².